The molecule has 1 unspecified atom stereocenters. The summed E-state index contributed by atoms with van der Waals surface area (Å²) >= 11 is 0.900. The highest BCUT2D eigenvalue weighted by atomic mass is 32.2. The van der Waals surface area contributed by atoms with Gasteiger partial charge in [-0.25, -0.2) is 4.72 Å². The largest absolute Gasteiger partial charge is 0.481 e. The van der Waals surface area contributed by atoms with E-state index in [9.17, 15) is 13.2 Å². The SMILES string of the molecule is C#CCNS(=O)(=O)NC(=O)C(Sc1nc(OC)cc(OC)n1)C(C)(C)OC. The molecule has 1 rings (SSSR count). The summed E-state index contributed by atoms with van der Waals surface area (Å²) in [6, 6.07) is 1.47. The minimum Gasteiger partial charge on any atom is -0.481 e. The Hall–Kier alpha value is -2.07. The van der Waals surface area contributed by atoms with Crippen molar-refractivity contribution < 1.29 is 27.4 Å². The van der Waals surface area contributed by atoms with E-state index in [1.165, 1.54) is 27.4 Å². The third kappa shape index (κ3) is 6.87. The van der Waals surface area contributed by atoms with Crippen LogP contribution in [0.4, 0.5) is 0 Å². The molecular formula is C15H22N4O6S2. The van der Waals surface area contributed by atoms with Gasteiger partial charge in [-0.15, -0.1) is 6.42 Å². The standard InChI is InChI=1S/C15H22N4O6S2/c1-7-8-16-27(21,22)19-13(20)12(15(2,3)25-6)26-14-17-10(23-4)9-11(18-14)24-5/h1,9,12,16H,8H2,2-6H3,(H,19,20). The maximum absolute atomic E-state index is 12.6. The summed E-state index contributed by atoms with van der Waals surface area (Å²) in [6.07, 6.45) is 5.02. The third-order valence-electron chi connectivity index (χ3n) is 3.30. The van der Waals surface area contributed by atoms with Crippen LogP contribution in [0, 0.1) is 12.3 Å². The number of hydrogen-bond donors (Lipinski definition) is 2. The summed E-state index contributed by atoms with van der Waals surface area (Å²) in [5.74, 6) is 1.73. The van der Waals surface area contributed by atoms with Crippen molar-refractivity contribution in [3.8, 4) is 24.1 Å². The first kappa shape index (κ1) is 23.0. The second-order valence-electron chi connectivity index (χ2n) is 5.54. The van der Waals surface area contributed by atoms with Crippen molar-refractivity contribution in [3.05, 3.63) is 6.07 Å². The number of nitrogens with one attached hydrogen (secondary N) is 2. The third-order valence-corrected chi connectivity index (χ3v) is 5.70. The van der Waals surface area contributed by atoms with Crippen molar-refractivity contribution in [1.82, 2.24) is 19.4 Å². The Bertz CT molecular complexity index is 785. The zero-order valence-corrected chi connectivity index (χ0v) is 17.2. The van der Waals surface area contributed by atoms with Gasteiger partial charge in [-0.2, -0.15) is 23.1 Å². The van der Waals surface area contributed by atoms with Crippen molar-refractivity contribution in [2.45, 2.75) is 29.9 Å². The molecule has 1 amide bonds. The highest BCUT2D eigenvalue weighted by Crippen LogP contribution is 2.32. The quantitative estimate of drug-likeness (QED) is 0.305. The van der Waals surface area contributed by atoms with Crippen LogP contribution >= 0.6 is 11.8 Å². The Morgan fingerprint density at radius 3 is 2.30 bits per heavy atom. The Kier molecular flexibility index (Phi) is 8.29. The molecule has 150 valence electrons. The van der Waals surface area contributed by atoms with Gasteiger partial charge in [0.25, 0.3) is 5.91 Å². The molecule has 12 heteroatoms. The molecule has 1 atom stereocenters. The highest BCUT2D eigenvalue weighted by Gasteiger charge is 2.39. The van der Waals surface area contributed by atoms with Gasteiger partial charge in [0.15, 0.2) is 5.16 Å². The number of thioether (sulfide) groups is 1. The van der Waals surface area contributed by atoms with Gasteiger partial charge >= 0.3 is 10.2 Å². The molecule has 0 aromatic carbocycles. The van der Waals surface area contributed by atoms with E-state index in [-0.39, 0.29) is 23.5 Å². The fourth-order valence-electron chi connectivity index (χ4n) is 1.73. The zero-order valence-electron chi connectivity index (χ0n) is 15.6. The molecule has 0 radical (unpaired) electrons. The van der Waals surface area contributed by atoms with E-state index in [2.05, 4.69) is 15.9 Å². The molecule has 10 nitrogen and oxygen atoms in total. The molecule has 0 saturated heterocycles. The molecule has 1 aromatic heterocycles. The van der Waals surface area contributed by atoms with Gasteiger partial charge in [0.05, 0.1) is 32.4 Å². The number of ether oxygens (including phenoxy) is 3. The first-order valence-electron chi connectivity index (χ1n) is 7.52. The van der Waals surface area contributed by atoms with Gasteiger partial charge < -0.3 is 14.2 Å². The lowest BCUT2D eigenvalue weighted by Gasteiger charge is -2.30. The van der Waals surface area contributed by atoms with Crippen molar-refractivity contribution in [2.75, 3.05) is 27.9 Å². The molecule has 2 N–H and O–H groups in total. The number of amides is 1. The minimum absolute atomic E-state index is 0.144. The summed E-state index contributed by atoms with van der Waals surface area (Å²) in [6.45, 7) is 3.00. The lowest BCUT2D eigenvalue weighted by Crippen LogP contribution is -2.51. The predicted octanol–water partition coefficient (Wildman–Crippen LogP) is -0.0367. The Balaban J connectivity index is 3.16. The van der Waals surface area contributed by atoms with Crippen LogP contribution in [0.3, 0.4) is 0 Å². The second-order valence-corrected chi connectivity index (χ2v) is 8.11. The van der Waals surface area contributed by atoms with E-state index >= 15 is 0 Å². The summed E-state index contributed by atoms with van der Waals surface area (Å²) in [7, 11) is 0.116. The smallest absolute Gasteiger partial charge is 0.302 e. The summed E-state index contributed by atoms with van der Waals surface area (Å²) < 4.78 is 43.3. The van der Waals surface area contributed by atoms with Crippen molar-refractivity contribution >= 4 is 27.9 Å². The molecule has 0 spiro atoms. The summed E-state index contributed by atoms with van der Waals surface area (Å²) in [5, 5.41) is -0.882. The van der Waals surface area contributed by atoms with Gasteiger partial charge in [0, 0.05) is 7.11 Å². The summed E-state index contributed by atoms with van der Waals surface area (Å²) in [5.41, 5.74) is -1.06. The van der Waals surface area contributed by atoms with Crippen LogP contribution in [0.15, 0.2) is 11.2 Å². The monoisotopic (exact) mass is 418 g/mol. The number of methoxy groups -OCH3 is 3. The Labute approximate surface area is 163 Å². The normalized spacial score (nSPS) is 12.7. The van der Waals surface area contributed by atoms with Gasteiger partial charge in [-0.3, -0.25) is 4.79 Å². The molecular weight excluding hydrogens is 396 g/mol. The van der Waals surface area contributed by atoms with Crippen molar-refractivity contribution in [1.29, 1.82) is 0 Å². The van der Waals surface area contributed by atoms with E-state index in [1.807, 2.05) is 9.44 Å². The second kappa shape index (κ2) is 9.75. The van der Waals surface area contributed by atoms with Crippen LogP contribution in [-0.4, -0.2) is 63.0 Å². The zero-order chi connectivity index (χ0) is 20.7. The number of hydrogen-bond acceptors (Lipinski definition) is 9. The van der Waals surface area contributed by atoms with Crippen LogP contribution in [0.5, 0.6) is 11.8 Å². The maximum Gasteiger partial charge on any atom is 0.302 e. The number of carbonyl (C=O) groups is 1. The number of nitrogens with zero attached hydrogens (tertiary/aromatic N) is 2. The minimum atomic E-state index is -4.13. The first-order valence-corrected chi connectivity index (χ1v) is 9.88. The lowest BCUT2D eigenvalue weighted by atomic mass is 10.0. The van der Waals surface area contributed by atoms with Crippen molar-refractivity contribution in [3.63, 3.8) is 0 Å². The maximum atomic E-state index is 12.6. The van der Waals surface area contributed by atoms with Crippen LogP contribution in [-0.2, 0) is 19.7 Å². The fourth-order valence-corrected chi connectivity index (χ4v) is 3.57. The molecule has 0 aliphatic carbocycles. The molecule has 0 aliphatic rings. The molecule has 1 aromatic rings. The molecule has 0 fully saturated rings. The van der Waals surface area contributed by atoms with Crippen molar-refractivity contribution in [2.24, 2.45) is 0 Å². The van der Waals surface area contributed by atoms with Crippen LogP contribution in [0.25, 0.3) is 0 Å². The topological polar surface area (TPSA) is 129 Å². The van der Waals surface area contributed by atoms with Gasteiger partial charge in [-0.05, 0) is 13.8 Å². The molecule has 0 aliphatic heterocycles. The average molecular weight is 418 g/mol. The molecule has 27 heavy (non-hydrogen) atoms. The molecule has 0 saturated carbocycles. The number of carbonyl (C=O) groups excluding carboxylic acids is 1. The molecule has 1 heterocycles. The number of aromatic nitrogens is 2. The van der Waals surface area contributed by atoms with E-state index in [4.69, 9.17) is 20.6 Å². The van der Waals surface area contributed by atoms with E-state index in [0.29, 0.717) is 0 Å². The summed E-state index contributed by atoms with van der Waals surface area (Å²) in [4.78, 5) is 20.9. The first-order chi connectivity index (χ1) is 12.6. The van der Waals surface area contributed by atoms with Crippen LogP contribution < -0.4 is 18.9 Å². The number of terminal acetylenes is 1. The fraction of sp³-hybridized carbons (Fsp3) is 0.533. The van der Waals surface area contributed by atoms with Gasteiger partial charge in [0.1, 0.15) is 5.25 Å². The highest BCUT2D eigenvalue weighted by molar-refractivity contribution is 8.00. The van der Waals surface area contributed by atoms with Gasteiger partial charge in [0.2, 0.25) is 11.8 Å². The van der Waals surface area contributed by atoms with E-state index < -0.39 is 27.0 Å². The van der Waals surface area contributed by atoms with E-state index in [0.717, 1.165) is 11.8 Å². The molecule has 0 bridgehead atoms. The average Bonchev–Trinajstić information content (AvgIpc) is 2.63. The van der Waals surface area contributed by atoms with E-state index in [1.54, 1.807) is 13.8 Å². The van der Waals surface area contributed by atoms with Crippen LogP contribution in [0.1, 0.15) is 13.8 Å². The van der Waals surface area contributed by atoms with Gasteiger partial charge in [-0.1, -0.05) is 17.7 Å². The Morgan fingerprint density at radius 2 is 1.85 bits per heavy atom. The predicted molar refractivity (Wildman–Crippen MR) is 99.8 cm³/mol. The lowest BCUT2D eigenvalue weighted by molar-refractivity contribution is -0.123. The number of rotatable bonds is 10. The van der Waals surface area contributed by atoms with Crippen LogP contribution in [0.2, 0.25) is 0 Å². The Morgan fingerprint density at radius 1 is 1.30 bits per heavy atom.